The van der Waals surface area contributed by atoms with Gasteiger partial charge in [-0.25, -0.2) is 4.39 Å². The number of methoxy groups -OCH3 is 1. The average molecular weight is 245 g/mol. The smallest absolute Gasteiger partial charge is 0.168 e. The lowest BCUT2D eigenvalue weighted by Crippen LogP contribution is -2.05. The fourth-order valence-corrected chi connectivity index (χ4v) is 1.61. The van der Waals surface area contributed by atoms with Crippen LogP contribution in [0, 0.1) is 5.82 Å². The van der Waals surface area contributed by atoms with Crippen molar-refractivity contribution in [3.63, 3.8) is 0 Å². The molecule has 0 aliphatic carbocycles. The number of carbonyl (C=O) groups is 1. The van der Waals surface area contributed by atoms with Gasteiger partial charge in [0.1, 0.15) is 0 Å². The van der Waals surface area contributed by atoms with E-state index < -0.39 is 5.82 Å². The van der Waals surface area contributed by atoms with E-state index in [4.69, 9.17) is 4.74 Å². The number of ether oxygens (including phenoxy) is 1. The molecule has 0 N–H and O–H groups in total. The highest BCUT2D eigenvalue weighted by molar-refractivity contribution is 5.97. The SMILES string of the molecule is COc1ccc(C(=O)Cc2ccccn2)cc1F. The normalized spacial score (nSPS) is 10.1. The maximum atomic E-state index is 13.5. The molecule has 1 aromatic heterocycles. The topological polar surface area (TPSA) is 39.2 Å². The van der Waals surface area contributed by atoms with Gasteiger partial charge in [0.05, 0.1) is 13.5 Å². The lowest BCUT2D eigenvalue weighted by Gasteiger charge is -2.04. The van der Waals surface area contributed by atoms with Crippen LogP contribution in [0.4, 0.5) is 4.39 Å². The molecule has 0 unspecified atom stereocenters. The summed E-state index contributed by atoms with van der Waals surface area (Å²) in [5.74, 6) is -0.580. The van der Waals surface area contributed by atoms with Gasteiger partial charge in [0.25, 0.3) is 0 Å². The van der Waals surface area contributed by atoms with E-state index in [9.17, 15) is 9.18 Å². The van der Waals surface area contributed by atoms with Gasteiger partial charge < -0.3 is 4.74 Å². The molecular weight excluding hydrogens is 233 g/mol. The number of pyridine rings is 1. The number of nitrogens with zero attached hydrogens (tertiary/aromatic N) is 1. The molecule has 0 bridgehead atoms. The van der Waals surface area contributed by atoms with Crippen LogP contribution in [0.1, 0.15) is 16.1 Å². The Bertz CT molecular complexity index is 555. The Balaban J connectivity index is 2.17. The molecule has 0 atom stereocenters. The number of halogens is 1. The first kappa shape index (κ1) is 12.2. The Morgan fingerprint density at radius 2 is 2.17 bits per heavy atom. The summed E-state index contributed by atoms with van der Waals surface area (Å²) < 4.78 is 18.3. The van der Waals surface area contributed by atoms with Crippen LogP contribution < -0.4 is 4.74 Å². The maximum Gasteiger partial charge on any atom is 0.168 e. The Kier molecular flexibility index (Phi) is 3.67. The van der Waals surface area contributed by atoms with Crippen LogP contribution >= 0.6 is 0 Å². The molecule has 0 amide bonds. The fraction of sp³-hybridized carbons (Fsp3) is 0.143. The molecule has 3 nitrogen and oxygen atoms in total. The third-order valence-electron chi connectivity index (χ3n) is 2.54. The number of ketones is 1. The second-order valence-electron chi connectivity index (χ2n) is 3.77. The van der Waals surface area contributed by atoms with Gasteiger partial charge in [-0.1, -0.05) is 6.07 Å². The van der Waals surface area contributed by atoms with E-state index in [0.29, 0.717) is 11.3 Å². The molecule has 2 rings (SSSR count). The van der Waals surface area contributed by atoms with Gasteiger partial charge in [0.15, 0.2) is 17.3 Å². The molecule has 92 valence electrons. The number of hydrogen-bond donors (Lipinski definition) is 0. The number of benzene rings is 1. The maximum absolute atomic E-state index is 13.5. The van der Waals surface area contributed by atoms with Crippen molar-refractivity contribution >= 4 is 5.78 Å². The van der Waals surface area contributed by atoms with E-state index in [1.807, 2.05) is 6.07 Å². The summed E-state index contributed by atoms with van der Waals surface area (Å²) in [6.07, 6.45) is 1.78. The second kappa shape index (κ2) is 5.40. The molecule has 2 aromatic rings. The molecule has 4 heteroatoms. The van der Waals surface area contributed by atoms with E-state index in [0.717, 1.165) is 0 Å². The van der Waals surface area contributed by atoms with Gasteiger partial charge in [-0.15, -0.1) is 0 Å². The lowest BCUT2D eigenvalue weighted by atomic mass is 10.1. The van der Waals surface area contributed by atoms with Gasteiger partial charge in [-0.05, 0) is 30.3 Å². The summed E-state index contributed by atoms with van der Waals surface area (Å²) in [6.45, 7) is 0. The molecule has 0 saturated carbocycles. The highest BCUT2D eigenvalue weighted by atomic mass is 19.1. The van der Waals surface area contributed by atoms with E-state index >= 15 is 0 Å². The first-order valence-corrected chi connectivity index (χ1v) is 5.47. The lowest BCUT2D eigenvalue weighted by molar-refractivity contribution is 0.0991. The minimum absolute atomic E-state index is 0.129. The Hall–Kier alpha value is -2.23. The molecule has 0 aliphatic heterocycles. The summed E-state index contributed by atoms with van der Waals surface area (Å²) in [4.78, 5) is 16.0. The third kappa shape index (κ3) is 2.71. The molecule has 1 aromatic carbocycles. The van der Waals surface area contributed by atoms with E-state index in [1.54, 1.807) is 24.4 Å². The van der Waals surface area contributed by atoms with E-state index in [2.05, 4.69) is 4.98 Å². The number of hydrogen-bond acceptors (Lipinski definition) is 3. The number of carbonyl (C=O) groups excluding carboxylic acids is 1. The molecule has 1 heterocycles. The van der Waals surface area contributed by atoms with Crippen molar-refractivity contribution in [1.82, 2.24) is 4.98 Å². The number of rotatable bonds is 4. The van der Waals surface area contributed by atoms with Crippen LogP contribution in [0.25, 0.3) is 0 Å². The molecule has 0 radical (unpaired) electrons. The first-order valence-electron chi connectivity index (χ1n) is 5.47. The Morgan fingerprint density at radius 1 is 1.33 bits per heavy atom. The van der Waals surface area contributed by atoms with Gasteiger partial charge in [-0.2, -0.15) is 0 Å². The highest BCUT2D eigenvalue weighted by Gasteiger charge is 2.11. The van der Waals surface area contributed by atoms with Crippen molar-refractivity contribution in [2.24, 2.45) is 0 Å². The molecule has 0 saturated heterocycles. The van der Waals surface area contributed by atoms with Crippen LogP contribution in [0.15, 0.2) is 42.6 Å². The molecule has 18 heavy (non-hydrogen) atoms. The first-order chi connectivity index (χ1) is 8.70. The van der Waals surface area contributed by atoms with Crippen LogP contribution in [0.2, 0.25) is 0 Å². The monoisotopic (exact) mass is 245 g/mol. The summed E-state index contributed by atoms with van der Waals surface area (Å²) in [7, 11) is 1.38. The fourth-order valence-electron chi connectivity index (χ4n) is 1.61. The zero-order valence-corrected chi connectivity index (χ0v) is 9.89. The third-order valence-corrected chi connectivity index (χ3v) is 2.54. The van der Waals surface area contributed by atoms with Gasteiger partial charge >= 0.3 is 0 Å². The summed E-state index contributed by atoms with van der Waals surface area (Å²) in [5, 5.41) is 0. The van der Waals surface area contributed by atoms with Crippen LogP contribution in [-0.2, 0) is 6.42 Å². The quantitative estimate of drug-likeness (QED) is 0.777. The average Bonchev–Trinajstić information content (AvgIpc) is 2.39. The van der Waals surface area contributed by atoms with Crippen molar-refractivity contribution in [2.75, 3.05) is 7.11 Å². The molecular formula is C14H12FNO2. The van der Waals surface area contributed by atoms with E-state index in [-0.39, 0.29) is 18.0 Å². The Morgan fingerprint density at radius 3 is 2.78 bits per heavy atom. The number of Topliss-reactive ketones (excluding diaryl/α,β-unsaturated/α-hetero) is 1. The Labute approximate surface area is 104 Å². The summed E-state index contributed by atoms with van der Waals surface area (Å²) >= 11 is 0. The highest BCUT2D eigenvalue weighted by Crippen LogP contribution is 2.18. The van der Waals surface area contributed by atoms with Crippen LogP contribution in [0.3, 0.4) is 0 Å². The number of aromatic nitrogens is 1. The van der Waals surface area contributed by atoms with Crippen molar-refractivity contribution < 1.29 is 13.9 Å². The van der Waals surface area contributed by atoms with Gasteiger partial charge in [0, 0.05) is 17.5 Å². The minimum Gasteiger partial charge on any atom is -0.494 e. The zero-order valence-electron chi connectivity index (χ0n) is 9.89. The predicted molar refractivity (Wildman–Crippen MR) is 65.2 cm³/mol. The van der Waals surface area contributed by atoms with Crippen molar-refractivity contribution in [2.45, 2.75) is 6.42 Å². The largest absolute Gasteiger partial charge is 0.494 e. The van der Waals surface area contributed by atoms with Crippen molar-refractivity contribution in [1.29, 1.82) is 0 Å². The molecule has 0 fully saturated rings. The van der Waals surface area contributed by atoms with Crippen LogP contribution in [0.5, 0.6) is 5.75 Å². The predicted octanol–water partition coefficient (Wildman–Crippen LogP) is 2.65. The van der Waals surface area contributed by atoms with E-state index in [1.165, 1.54) is 19.2 Å². The van der Waals surface area contributed by atoms with Gasteiger partial charge in [0.2, 0.25) is 0 Å². The van der Waals surface area contributed by atoms with Gasteiger partial charge in [-0.3, -0.25) is 9.78 Å². The second-order valence-corrected chi connectivity index (χ2v) is 3.77. The van der Waals surface area contributed by atoms with Crippen molar-refractivity contribution in [3.05, 3.63) is 59.7 Å². The molecule has 0 spiro atoms. The standard InChI is InChI=1S/C14H12FNO2/c1-18-14-6-5-10(8-12(14)15)13(17)9-11-4-2-3-7-16-11/h2-8H,9H2,1H3. The van der Waals surface area contributed by atoms with Crippen LogP contribution in [-0.4, -0.2) is 17.9 Å². The minimum atomic E-state index is -0.538. The molecule has 0 aliphatic rings. The summed E-state index contributed by atoms with van der Waals surface area (Å²) in [6, 6.07) is 9.53. The zero-order chi connectivity index (χ0) is 13.0. The van der Waals surface area contributed by atoms with Crippen molar-refractivity contribution in [3.8, 4) is 5.75 Å². The summed E-state index contributed by atoms with van der Waals surface area (Å²) in [5.41, 5.74) is 0.984.